The summed E-state index contributed by atoms with van der Waals surface area (Å²) in [7, 11) is 1.63. The van der Waals surface area contributed by atoms with Gasteiger partial charge in [0.15, 0.2) is 0 Å². The Hall–Kier alpha value is -1.28. The molecule has 1 spiro atoms. The van der Waals surface area contributed by atoms with E-state index in [1.54, 1.807) is 23.7 Å². The second-order valence-corrected chi connectivity index (χ2v) is 11.4. The summed E-state index contributed by atoms with van der Waals surface area (Å²) in [6.45, 7) is 2.81. The summed E-state index contributed by atoms with van der Waals surface area (Å²) in [6, 6.07) is -0.322. The third-order valence-corrected chi connectivity index (χ3v) is 10.1. The fourth-order valence-corrected chi connectivity index (χ4v) is 9.05. The molecule has 3 aliphatic heterocycles. The van der Waals surface area contributed by atoms with Gasteiger partial charge in [0.2, 0.25) is 17.7 Å². The first-order valence-electron chi connectivity index (χ1n) is 12.1. The predicted octanol–water partition coefficient (Wildman–Crippen LogP) is 1.68. The minimum atomic E-state index is -0.519. The maximum atomic E-state index is 13.7. The van der Waals surface area contributed by atoms with Crippen molar-refractivity contribution in [2.45, 2.75) is 86.8 Å². The number of aliphatic hydroxyl groups excluding tert-OH is 1. The van der Waals surface area contributed by atoms with Crippen LogP contribution in [-0.4, -0.2) is 70.0 Å². The van der Waals surface area contributed by atoms with E-state index in [2.05, 4.69) is 17.6 Å². The summed E-state index contributed by atoms with van der Waals surface area (Å²) in [6.07, 6.45) is 8.66. The summed E-state index contributed by atoms with van der Waals surface area (Å²) in [4.78, 5) is 42.0. The topological polar surface area (TPSA) is 98.7 Å². The van der Waals surface area contributed by atoms with E-state index in [-0.39, 0.29) is 47.5 Å². The van der Waals surface area contributed by atoms with Crippen LogP contribution in [0.4, 0.5) is 0 Å². The van der Waals surface area contributed by atoms with Crippen LogP contribution in [0.2, 0.25) is 0 Å². The van der Waals surface area contributed by atoms with Gasteiger partial charge in [-0.1, -0.05) is 26.2 Å². The van der Waals surface area contributed by atoms with Crippen molar-refractivity contribution in [1.29, 1.82) is 0 Å². The van der Waals surface area contributed by atoms with Crippen molar-refractivity contribution in [3.8, 4) is 0 Å². The Morgan fingerprint density at radius 3 is 2.58 bits per heavy atom. The quantitative estimate of drug-likeness (QED) is 0.488. The Balaban J connectivity index is 1.63. The third-order valence-electron chi connectivity index (χ3n) is 8.05. The van der Waals surface area contributed by atoms with Gasteiger partial charge in [-0.05, 0) is 44.4 Å². The Labute approximate surface area is 189 Å². The fourth-order valence-electron chi connectivity index (χ4n) is 6.62. The number of fused-ring (bicyclic) bond motifs is 1. The highest BCUT2D eigenvalue weighted by Gasteiger charge is 2.75. The van der Waals surface area contributed by atoms with Crippen molar-refractivity contribution in [3.63, 3.8) is 0 Å². The molecule has 1 saturated carbocycles. The standard InChI is InChI=1S/C23H37N3O4S/c1-14-13-16-17(20(28)24-2)18-22(30)26(11-7-4-8-12-27)19(23(14,18)31-16)21(29)25-15-9-5-3-6-10-15/h14-19,27H,3-13H2,1-2H3,(H,24,28)(H,25,29)/t14?,16-,17+,18-,19?,23?/m0/s1. The smallest absolute Gasteiger partial charge is 0.244 e. The van der Waals surface area contributed by atoms with Gasteiger partial charge in [0, 0.05) is 31.5 Å². The number of rotatable bonds is 8. The highest BCUT2D eigenvalue weighted by molar-refractivity contribution is 8.02. The number of likely N-dealkylation sites (tertiary alicyclic amines) is 1. The molecule has 0 radical (unpaired) electrons. The number of carbonyl (C=O) groups is 3. The summed E-state index contributed by atoms with van der Waals surface area (Å²) >= 11 is 1.73. The van der Waals surface area contributed by atoms with E-state index < -0.39 is 16.7 Å². The van der Waals surface area contributed by atoms with Gasteiger partial charge in [0.1, 0.15) is 6.04 Å². The Morgan fingerprint density at radius 1 is 1.16 bits per heavy atom. The molecule has 3 unspecified atom stereocenters. The van der Waals surface area contributed by atoms with Crippen LogP contribution >= 0.6 is 11.8 Å². The lowest BCUT2D eigenvalue weighted by atomic mass is 9.66. The molecule has 7 nitrogen and oxygen atoms in total. The van der Waals surface area contributed by atoms with E-state index in [9.17, 15) is 14.4 Å². The van der Waals surface area contributed by atoms with Gasteiger partial charge in [0.05, 0.1) is 16.6 Å². The van der Waals surface area contributed by atoms with Crippen LogP contribution in [0, 0.1) is 17.8 Å². The first-order chi connectivity index (χ1) is 15.0. The van der Waals surface area contributed by atoms with Crippen LogP contribution in [0.25, 0.3) is 0 Å². The maximum Gasteiger partial charge on any atom is 0.244 e. The molecular formula is C23H37N3O4S. The van der Waals surface area contributed by atoms with E-state index in [4.69, 9.17) is 5.11 Å². The van der Waals surface area contributed by atoms with Crippen LogP contribution in [0.1, 0.15) is 64.7 Å². The molecule has 174 valence electrons. The third kappa shape index (κ3) is 3.77. The molecule has 0 aromatic rings. The van der Waals surface area contributed by atoms with Crippen molar-refractivity contribution < 1.29 is 19.5 Å². The molecule has 4 fully saturated rings. The summed E-state index contributed by atoms with van der Waals surface area (Å²) in [5.41, 5.74) is 0. The van der Waals surface area contributed by atoms with Gasteiger partial charge in [0.25, 0.3) is 0 Å². The summed E-state index contributed by atoms with van der Waals surface area (Å²) in [5.74, 6) is -0.692. The predicted molar refractivity (Wildman–Crippen MR) is 120 cm³/mol. The highest BCUT2D eigenvalue weighted by Crippen LogP contribution is 2.68. The molecule has 3 saturated heterocycles. The molecule has 8 heteroatoms. The van der Waals surface area contributed by atoms with Gasteiger partial charge < -0.3 is 20.6 Å². The molecule has 0 aromatic carbocycles. The van der Waals surface area contributed by atoms with Gasteiger partial charge in [-0.2, -0.15) is 0 Å². The van der Waals surface area contributed by atoms with Crippen LogP contribution in [-0.2, 0) is 14.4 Å². The lowest BCUT2D eigenvalue weighted by molar-refractivity contribution is -0.140. The van der Waals surface area contributed by atoms with Gasteiger partial charge in [-0.25, -0.2) is 0 Å². The lowest BCUT2D eigenvalue weighted by Crippen LogP contribution is -2.58. The van der Waals surface area contributed by atoms with Crippen LogP contribution < -0.4 is 10.6 Å². The average molecular weight is 452 g/mol. The number of aliphatic hydroxyl groups is 1. The van der Waals surface area contributed by atoms with Crippen LogP contribution in [0.15, 0.2) is 0 Å². The second kappa shape index (κ2) is 9.30. The molecule has 3 N–H and O–H groups in total. The van der Waals surface area contributed by atoms with Crippen molar-refractivity contribution in [3.05, 3.63) is 0 Å². The number of carbonyl (C=O) groups excluding carboxylic acids is 3. The molecule has 4 rings (SSSR count). The Bertz CT molecular complexity index is 713. The number of hydrogen-bond acceptors (Lipinski definition) is 5. The lowest BCUT2D eigenvalue weighted by Gasteiger charge is -2.39. The molecule has 31 heavy (non-hydrogen) atoms. The molecule has 6 atom stereocenters. The number of thioether (sulfide) groups is 1. The number of nitrogens with one attached hydrogen (secondary N) is 2. The zero-order valence-electron chi connectivity index (χ0n) is 18.8. The SMILES string of the molecule is CNC(=O)[C@@H]1[C@@H]2CC(C)C3(S2)C(C(=O)NC2CCCCC2)N(CCCCCO)C(=O)[C@H]13. The van der Waals surface area contributed by atoms with E-state index in [1.165, 1.54) is 6.42 Å². The largest absolute Gasteiger partial charge is 0.396 e. The molecule has 4 aliphatic rings. The molecule has 3 amide bonds. The Kier molecular flexibility index (Phi) is 6.87. The first-order valence-corrected chi connectivity index (χ1v) is 12.9. The summed E-state index contributed by atoms with van der Waals surface area (Å²) < 4.78 is -0.519. The van der Waals surface area contributed by atoms with Crippen molar-refractivity contribution >= 4 is 29.5 Å². The van der Waals surface area contributed by atoms with E-state index in [0.717, 1.165) is 44.9 Å². The number of nitrogens with zero attached hydrogens (tertiary/aromatic N) is 1. The molecule has 0 aromatic heterocycles. The average Bonchev–Trinajstić information content (AvgIpc) is 3.35. The number of unbranched alkanes of at least 4 members (excludes halogenated alkanes) is 2. The van der Waals surface area contributed by atoms with E-state index in [0.29, 0.717) is 13.0 Å². The number of hydrogen-bond donors (Lipinski definition) is 3. The first kappa shape index (κ1) is 22.9. The zero-order valence-corrected chi connectivity index (χ0v) is 19.6. The summed E-state index contributed by atoms with van der Waals surface area (Å²) in [5, 5.41) is 15.3. The van der Waals surface area contributed by atoms with Crippen molar-refractivity contribution in [2.75, 3.05) is 20.2 Å². The zero-order chi connectivity index (χ0) is 22.2. The van der Waals surface area contributed by atoms with Gasteiger partial charge >= 0.3 is 0 Å². The highest BCUT2D eigenvalue weighted by atomic mass is 32.2. The monoisotopic (exact) mass is 451 g/mol. The van der Waals surface area contributed by atoms with Crippen molar-refractivity contribution in [2.24, 2.45) is 17.8 Å². The Morgan fingerprint density at radius 2 is 1.90 bits per heavy atom. The van der Waals surface area contributed by atoms with E-state index >= 15 is 0 Å². The molecular weight excluding hydrogens is 414 g/mol. The maximum absolute atomic E-state index is 13.7. The fraction of sp³-hybridized carbons (Fsp3) is 0.870. The van der Waals surface area contributed by atoms with Crippen LogP contribution in [0.3, 0.4) is 0 Å². The van der Waals surface area contributed by atoms with Gasteiger partial charge in [-0.3, -0.25) is 14.4 Å². The van der Waals surface area contributed by atoms with Crippen molar-refractivity contribution in [1.82, 2.24) is 15.5 Å². The normalized spacial score (nSPS) is 37.2. The number of amides is 3. The molecule has 1 aliphatic carbocycles. The molecule has 2 bridgehead atoms. The van der Waals surface area contributed by atoms with Crippen LogP contribution in [0.5, 0.6) is 0 Å². The van der Waals surface area contributed by atoms with E-state index in [1.807, 2.05) is 0 Å². The minimum absolute atomic E-state index is 0.0251. The second-order valence-electron chi connectivity index (χ2n) is 9.83. The molecule has 3 heterocycles. The minimum Gasteiger partial charge on any atom is -0.396 e. The van der Waals surface area contributed by atoms with Gasteiger partial charge in [-0.15, -0.1) is 11.8 Å².